The van der Waals surface area contributed by atoms with E-state index in [4.69, 9.17) is 11.6 Å². The molecular weight excluding hydrogens is 296 g/mol. The van der Waals surface area contributed by atoms with Crippen molar-refractivity contribution in [2.75, 3.05) is 5.32 Å². The monoisotopic (exact) mass is 313 g/mol. The minimum Gasteiger partial charge on any atom is -0.352 e. The molecule has 1 heterocycles. The molecule has 1 aromatic rings. The molecule has 0 atom stereocenters. The molecule has 0 aliphatic rings. The van der Waals surface area contributed by atoms with E-state index in [-0.39, 0.29) is 5.69 Å². The number of aromatic nitrogens is 1. The molecule has 0 saturated carbocycles. The predicted octanol–water partition coefficient (Wildman–Crippen LogP) is 5.07. The number of hydrogen-bond donors (Lipinski definition) is 1. The van der Waals surface area contributed by atoms with Crippen LogP contribution in [0.5, 0.6) is 0 Å². The van der Waals surface area contributed by atoms with Gasteiger partial charge in [0.15, 0.2) is 5.17 Å². The maximum Gasteiger partial charge on any atom is 0.286 e. The molecular formula is C15H18ClF2N3. The third kappa shape index (κ3) is 5.63. The van der Waals surface area contributed by atoms with Gasteiger partial charge in [-0.1, -0.05) is 30.7 Å². The average molecular weight is 314 g/mol. The van der Waals surface area contributed by atoms with Crippen molar-refractivity contribution >= 4 is 22.5 Å². The van der Waals surface area contributed by atoms with Crippen LogP contribution in [0.4, 0.5) is 14.5 Å². The van der Waals surface area contributed by atoms with Crippen molar-refractivity contribution < 1.29 is 8.78 Å². The summed E-state index contributed by atoms with van der Waals surface area (Å²) in [7, 11) is 0. The number of hydrogen-bond acceptors (Lipinski definition) is 3. The summed E-state index contributed by atoms with van der Waals surface area (Å²) >= 11 is 6.09. The number of pyridine rings is 1. The Balaban J connectivity index is 2.93. The van der Waals surface area contributed by atoms with E-state index in [0.717, 1.165) is 13.3 Å². The molecule has 0 spiro atoms. The molecule has 1 rings (SSSR count). The van der Waals surface area contributed by atoms with Gasteiger partial charge in [0.2, 0.25) is 0 Å². The average Bonchev–Trinajstić information content (AvgIpc) is 2.44. The Bertz CT molecular complexity index is 543. The molecule has 0 radical (unpaired) electrons. The zero-order valence-electron chi connectivity index (χ0n) is 12.2. The summed E-state index contributed by atoms with van der Waals surface area (Å²) in [6.45, 7) is 4.60. The SMILES string of the molecule is C\C=C/N=C(Cl)/C(=C/CC)Nc1ccc(C(C)(F)F)nc1. The fraction of sp³-hybridized carbons (Fsp3) is 0.333. The first-order chi connectivity index (χ1) is 9.88. The first-order valence-corrected chi connectivity index (χ1v) is 6.92. The van der Waals surface area contributed by atoms with Crippen LogP contribution in [-0.4, -0.2) is 10.2 Å². The lowest BCUT2D eigenvalue weighted by molar-refractivity contribution is 0.0128. The highest BCUT2D eigenvalue weighted by Gasteiger charge is 2.25. The van der Waals surface area contributed by atoms with Gasteiger partial charge in [-0.2, -0.15) is 8.78 Å². The van der Waals surface area contributed by atoms with Gasteiger partial charge in [-0.15, -0.1) is 0 Å². The normalized spacial score (nSPS) is 13.8. The molecule has 0 fully saturated rings. The second-order valence-electron chi connectivity index (χ2n) is 4.37. The third-order valence-corrected chi connectivity index (χ3v) is 2.76. The van der Waals surface area contributed by atoms with Gasteiger partial charge in [0.05, 0.1) is 17.6 Å². The summed E-state index contributed by atoms with van der Waals surface area (Å²) < 4.78 is 26.2. The van der Waals surface area contributed by atoms with E-state index in [2.05, 4.69) is 15.3 Å². The van der Waals surface area contributed by atoms with E-state index in [9.17, 15) is 8.78 Å². The van der Waals surface area contributed by atoms with E-state index in [1.807, 2.05) is 19.9 Å². The zero-order valence-corrected chi connectivity index (χ0v) is 13.0. The van der Waals surface area contributed by atoms with Crippen LogP contribution in [0.3, 0.4) is 0 Å². The molecule has 3 nitrogen and oxygen atoms in total. The van der Waals surface area contributed by atoms with Gasteiger partial charge >= 0.3 is 0 Å². The van der Waals surface area contributed by atoms with Gasteiger partial charge in [-0.25, -0.2) is 4.99 Å². The third-order valence-electron chi connectivity index (χ3n) is 2.46. The highest BCUT2D eigenvalue weighted by molar-refractivity contribution is 6.70. The van der Waals surface area contributed by atoms with Crippen LogP contribution >= 0.6 is 11.6 Å². The van der Waals surface area contributed by atoms with E-state index in [1.165, 1.54) is 18.3 Å². The molecule has 0 bridgehead atoms. The van der Waals surface area contributed by atoms with E-state index in [0.29, 0.717) is 16.6 Å². The highest BCUT2D eigenvalue weighted by atomic mass is 35.5. The van der Waals surface area contributed by atoms with Gasteiger partial charge in [-0.3, -0.25) is 4.98 Å². The van der Waals surface area contributed by atoms with Crippen molar-refractivity contribution in [2.24, 2.45) is 4.99 Å². The first-order valence-electron chi connectivity index (χ1n) is 6.54. The van der Waals surface area contributed by atoms with Crippen molar-refractivity contribution in [3.63, 3.8) is 0 Å². The quantitative estimate of drug-likeness (QED) is 0.744. The Kier molecular flexibility index (Phi) is 6.49. The van der Waals surface area contributed by atoms with Gasteiger partial charge < -0.3 is 5.32 Å². The second-order valence-corrected chi connectivity index (χ2v) is 4.73. The van der Waals surface area contributed by atoms with Crippen LogP contribution in [0.2, 0.25) is 0 Å². The van der Waals surface area contributed by atoms with Crippen LogP contribution in [0.25, 0.3) is 0 Å². The van der Waals surface area contributed by atoms with E-state index in [1.54, 1.807) is 12.3 Å². The summed E-state index contributed by atoms with van der Waals surface area (Å²) in [5.74, 6) is -2.95. The van der Waals surface area contributed by atoms with Crippen LogP contribution in [-0.2, 0) is 5.92 Å². The number of nitrogens with one attached hydrogen (secondary N) is 1. The standard InChI is InChI=1S/C15H18ClF2N3/c1-4-6-12(14(16)19-9-5-2)21-11-7-8-13(20-10-11)15(3,17)18/h5-10,21H,4H2,1-3H3/b9-5-,12-6-,19-14-. The topological polar surface area (TPSA) is 37.3 Å². The highest BCUT2D eigenvalue weighted by Crippen LogP contribution is 2.25. The molecule has 1 aromatic heterocycles. The van der Waals surface area contributed by atoms with Crippen molar-refractivity contribution in [1.29, 1.82) is 0 Å². The number of rotatable bonds is 6. The number of aliphatic imine (C=N–C) groups is 1. The number of alkyl halides is 2. The molecule has 0 unspecified atom stereocenters. The lowest BCUT2D eigenvalue weighted by Gasteiger charge is -2.12. The van der Waals surface area contributed by atoms with Gasteiger partial charge in [-0.05, 0) is 25.5 Å². The Morgan fingerprint density at radius 2 is 2.19 bits per heavy atom. The minimum absolute atomic E-state index is 0.275. The van der Waals surface area contributed by atoms with Crippen LogP contribution in [0.1, 0.15) is 32.9 Å². The summed E-state index contributed by atoms with van der Waals surface area (Å²) in [5.41, 5.74) is 0.898. The van der Waals surface area contributed by atoms with Crippen molar-refractivity contribution in [1.82, 2.24) is 4.98 Å². The summed E-state index contributed by atoms with van der Waals surface area (Å²) in [6.07, 6.45) is 7.29. The van der Waals surface area contributed by atoms with Crippen LogP contribution < -0.4 is 5.32 Å². The van der Waals surface area contributed by atoms with Gasteiger partial charge in [0.1, 0.15) is 5.69 Å². The number of allylic oxidation sites excluding steroid dienone is 3. The smallest absolute Gasteiger partial charge is 0.286 e. The molecule has 0 amide bonds. The Labute approximate surface area is 128 Å². The zero-order chi connectivity index (χ0) is 15.9. The summed E-state index contributed by atoms with van der Waals surface area (Å²) in [5, 5.41) is 3.32. The van der Waals surface area contributed by atoms with E-state index < -0.39 is 5.92 Å². The summed E-state index contributed by atoms with van der Waals surface area (Å²) in [4.78, 5) is 7.79. The first kappa shape index (κ1) is 17.3. The molecule has 1 N–H and O–H groups in total. The lowest BCUT2D eigenvalue weighted by Crippen LogP contribution is -2.11. The minimum atomic E-state index is -2.95. The fourth-order valence-corrected chi connectivity index (χ4v) is 1.66. The lowest BCUT2D eigenvalue weighted by atomic mass is 10.2. The molecule has 0 aliphatic heterocycles. The number of anilines is 1. The Morgan fingerprint density at radius 1 is 1.48 bits per heavy atom. The molecule has 0 aliphatic carbocycles. The largest absolute Gasteiger partial charge is 0.352 e. The van der Waals surface area contributed by atoms with Crippen LogP contribution in [0.15, 0.2) is 47.4 Å². The number of halogens is 3. The number of nitrogens with zero attached hydrogens (tertiary/aromatic N) is 2. The Morgan fingerprint density at radius 3 is 2.67 bits per heavy atom. The van der Waals surface area contributed by atoms with Gasteiger partial charge in [0.25, 0.3) is 5.92 Å². The van der Waals surface area contributed by atoms with Crippen LogP contribution in [0, 0.1) is 0 Å². The van der Waals surface area contributed by atoms with Crippen molar-refractivity contribution in [2.45, 2.75) is 33.1 Å². The molecule has 0 aromatic carbocycles. The predicted molar refractivity (Wildman–Crippen MR) is 83.9 cm³/mol. The van der Waals surface area contributed by atoms with Crippen molar-refractivity contribution in [3.05, 3.63) is 48.1 Å². The van der Waals surface area contributed by atoms with Crippen molar-refractivity contribution in [3.8, 4) is 0 Å². The Hall–Kier alpha value is -1.75. The van der Waals surface area contributed by atoms with E-state index >= 15 is 0 Å². The second kappa shape index (κ2) is 7.88. The molecule has 6 heteroatoms. The molecule has 0 saturated heterocycles. The molecule has 114 valence electrons. The fourth-order valence-electron chi connectivity index (χ4n) is 1.48. The molecule has 21 heavy (non-hydrogen) atoms. The summed E-state index contributed by atoms with van der Waals surface area (Å²) in [6, 6.07) is 2.81. The van der Waals surface area contributed by atoms with Gasteiger partial charge in [0, 0.05) is 13.1 Å². The maximum absolute atomic E-state index is 13.1. The maximum atomic E-state index is 13.1.